The second kappa shape index (κ2) is 8.30. The van der Waals surface area contributed by atoms with Crippen molar-refractivity contribution in [2.45, 2.75) is 50.4 Å². The van der Waals surface area contributed by atoms with Crippen LogP contribution in [0.4, 0.5) is 13.2 Å². The van der Waals surface area contributed by atoms with Gasteiger partial charge in [-0.15, -0.1) is 0 Å². The molecule has 1 N–H and O–H groups in total. The average Bonchev–Trinajstić information content (AvgIpc) is 2.73. The van der Waals surface area contributed by atoms with Crippen molar-refractivity contribution >= 4 is 12.1 Å². The van der Waals surface area contributed by atoms with Crippen molar-refractivity contribution in [3.63, 3.8) is 0 Å². The molecular weight excluding hydrogens is 381 g/mol. The van der Waals surface area contributed by atoms with Crippen LogP contribution in [-0.4, -0.2) is 47.9 Å². The second-order valence-electron chi connectivity index (χ2n) is 8.19. The third-order valence-corrected chi connectivity index (χ3v) is 6.33. The van der Waals surface area contributed by atoms with E-state index < -0.39 is 11.8 Å². The number of amides is 1. The van der Waals surface area contributed by atoms with E-state index in [9.17, 15) is 23.1 Å². The van der Waals surface area contributed by atoms with Crippen LogP contribution in [0.15, 0.2) is 41.4 Å². The molecule has 158 valence electrons. The standard InChI is InChI=1S/C22H27F3N2O2/c1-21(29,22(23,24)25)18-9-5-16(6-10-18)20(28)27(2)19-11-7-15(8-12-19)17-4-3-13-26-14-17/h3-6,9-10,13,15,17,19,29H,7-8,11-12,14H2,1-2H3/t15-,17?,19-,21-/m0/s1. The highest BCUT2D eigenvalue weighted by Gasteiger charge is 2.51. The quantitative estimate of drug-likeness (QED) is 0.806. The maximum atomic E-state index is 13.0. The Balaban J connectivity index is 1.60. The summed E-state index contributed by atoms with van der Waals surface area (Å²) < 4.78 is 38.9. The summed E-state index contributed by atoms with van der Waals surface area (Å²) in [4.78, 5) is 18.8. The van der Waals surface area contributed by atoms with Gasteiger partial charge in [-0.25, -0.2) is 0 Å². The molecule has 1 unspecified atom stereocenters. The van der Waals surface area contributed by atoms with Crippen LogP contribution in [0, 0.1) is 11.8 Å². The fourth-order valence-electron chi connectivity index (χ4n) is 4.19. The number of carbonyl (C=O) groups is 1. The summed E-state index contributed by atoms with van der Waals surface area (Å²) in [6.07, 6.45) is 5.12. The van der Waals surface area contributed by atoms with Crippen molar-refractivity contribution < 1.29 is 23.1 Å². The highest BCUT2D eigenvalue weighted by Crippen LogP contribution is 2.38. The number of dihydropyridines is 1. The number of hydrogen-bond donors (Lipinski definition) is 1. The van der Waals surface area contributed by atoms with E-state index in [4.69, 9.17) is 0 Å². The Kier molecular flexibility index (Phi) is 6.17. The lowest BCUT2D eigenvalue weighted by Gasteiger charge is -2.37. The van der Waals surface area contributed by atoms with Gasteiger partial charge in [0.25, 0.3) is 5.91 Å². The van der Waals surface area contributed by atoms with Crippen LogP contribution in [-0.2, 0) is 5.60 Å². The van der Waals surface area contributed by atoms with Gasteiger partial charge in [0.2, 0.25) is 0 Å². The van der Waals surface area contributed by atoms with Gasteiger partial charge in [0.05, 0.1) is 0 Å². The molecule has 1 aliphatic heterocycles. The van der Waals surface area contributed by atoms with Crippen molar-refractivity contribution in [3.8, 4) is 0 Å². The van der Waals surface area contributed by atoms with Gasteiger partial charge in [0.1, 0.15) is 0 Å². The fourth-order valence-corrected chi connectivity index (χ4v) is 4.19. The van der Waals surface area contributed by atoms with Gasteiger partial charge in [-0.05, 0) is 68.2 Å². The number of carbonyl (C=O) groups excluding carboxylic acids is 1. The minimum absolute atomic E-state index is 0.118. The van der Waals surface area contributed by atoms with E-state index in [1.807, 2.05) is 12.3 Å². The summed E-state index contributed by atoms with van der Waals surface area (Å²) in [7, 11) is 1.75. The van der Waals surface area contributed by atoms with Gasteiger partial charge < -0.3 is 10.0 Å². The van der Waals surface area contributed by atoms with E-state index in [1.165, 1.54) is 24.3 Å². The third kappa shape index (κ3) is 4.55. The van der Waals surface area contributed by atoms with Gasteiger partial charge in [0, 0.05) is 31.4 Å². The smallest absolute Gasteiger partial charge is 0.376 e. The molecule has 2 aliphatic rings. The SMILES string of the molecule is CN(C(=O)c1ccc([C@](C)(O)C(F)(F)F)cc1)[C@H]1CC[C@H](C2C=CC=NC2)CC1. The van der Waals surface area contributed by atoms with E-state index >= 15 is 0 Å². The highest BCUT2D eigenvalue weighted by molar-refractivity contribution is 5.94. The van der Waals surface area contributed by atoms with E-state index in [1.54, 1.807) is 11.9 Å². The number of aliphatic imine (C=N–C) groups is 1. The topological polar surface area (TPSA) is 52.9 Å². The third-order valence-electron chi connectivity index (χ3n) is 6.33. The van der Waals surface area contributed by atoms with Crippen molar-refractivity contribution in [1.82, 2.24) is 4.90 Å². The number of halogens is 3. The molecule has 3 rings (SSSR count). The van der Waals surface area contributed by atoms with Crippen molar-refractivity contribution in [1.29, 1.82) is 0 Å². The second-order valence-corrected chi connectivity index (χ2v) is 8.19. The van der Waals surface area contributed by atoms with E-state index in [-0.39, 0.29) is 17.5 Å². The molecule has 0 aromatic heterocycles. The summed E-state index contributed by atoms with van der Waals surface area (Å²) in [6, 6.07) is 5.16. The zero-order chi connectivity index (χ0) is 21.2. The predicted molar refractivity (Wildman–Crippen MR) is 106 cm³/mol. The maximum absolute atomic E-state index is 13.0. The molecule has 0 bridgehead atoms. The maximum Gasteiger partial charge on any atom is 0.421 e. The zero-order valence-electron chi connectivity index (χ0n) is 16.7. The molecular formula is C22H27F3N2O2. The van der Waals surface area contributed by atoms with Crippen molar-refractivity contribution in [2.24, 2.45) is 16.8 Å². The Morgan fingerprint density at radius 2 is 1.76 bits per heavy atom. The molecule has 29 heavy (non-hydrogen) atoms. The summed E-state index contributed by atoms with van der Waals surface area (Å²) in [5.74, 6) is 0.831. The minimum Gasteiger partial charge on any atom is -0.376 e. The van der Waals surface area contributed by atoms with Crippen LogP contribution in [0.3, 0.4) is 0 Å². The summed E-state index contributed by atoms with van der Waals surface area (Å²) in [6.45, 7) is 1.54. The minimum atomic E-state index is -4.78. The Bertz CT molecular complexity index is 776. The first-order valence-corrected chi connectivity index (χ1v) is 9.94. The Morgan fingerprint density at radius 1 is 1.14 bits per heavy atom. The Hall–Kier alpha value is -2.15. The Labute approximate surface area is 169 Å². The van der Waals surface area contributed by atoms with Gasteiger partial charge in [-0.3, -0.25) is 9.79 Å². The Morgan fingerprint density at radius 3 is 2.28 bits per heavy atom. The molecule has 1 aliphatic carbocycles. The normalized spacial score (nSPS) is 26.8. The van der Waals surface area contributed by atoms with Gasteiger partial charge in [-0.1, -0.05) is 18.2 Å². The number of nitrogens with zero attached hydrogens (tertiary/aromatic N) is 2. The van der Waals surface area contributed by atoms with Gasteiger partial charge in [-0.2, -0.15) is 13.2 Å². The molecule has 0 radical (unpaired) electrons. The molecule has 0 spiro atoms. The summed E-state index contributed by atoms with van der Waals surface area (Å²) in [5, 5.41) is 9.76. The van der Waals surface area contributed by atoms with Crippen LogP contribution in [0.1, 0.15) is 48.5 Å². The monoisotopic (exact) mass is 408 g/mol. The van der Waals surface area contributed by atoms with E-state index in [2.05, 4.69) is 11.1 Å². The van der Waals surface area contributed by atoms with Crippen LogP contribution in [0.25, 0.3) is 0 Å². The van der Waals surface area contributed by atoms with Gasteiger partial charge in [0.15, 0.2) is 5.60 Å². The number of aliphatic hydroxyl groups is 1. The largest absolute Gasteiger partial charge is 0.421 e. The fraction of sp³-hybridized carbons (Fsp3) is 0.545. The molecule has 1 aromatic carbocycles. The molecule has 1 heterocycles. The van der Waals surface area contributed by atoms with E-state index in [0.717, 1.165) is 32.2 Å². The van der Waals surface area contributed by atoms with Crippen LogP contribution in [0.5, 0.6) is 0 Å². The molecule has 7 heteroatoms. The number of allylic oxidation sites excluding steroid dienone is 1. The van der Waals surface area contributed by atoms with E-state index in [0.29, 0.717) is 24.3 Å². The van der Waals surface area contributed by atoms with Gasteiger partial charge >= 0.3 is 6.18 Å². The average molecular weight is 408 g/mol. The molecule has 1 amide bonds. The lowest BCUT2D eigenvalue weighted by atomic mass is 9.77. The first kappa shape index (κ1) is 21.6. The number of rotatable bonds is 4. The number of hydrogen-bond acceptors (Lipinski definition) is 3. The number of alkyl halides is 3. The molecule has 1 fully saturated rings. The van der Waals surface area contributed by atoms with Crippen molar-refractivity contribution in [2.75, 3.05) is 13.6 Å². The molecule has 1 saturated carbocycles. The zero-order valence-corrected chi connectivity index (χ0v) is 16.7. The number of benzene rings is 1. The molecule has 0 saturated heterocycles. The first-order chi connectivity index (χ1) is 13.6. The summed E-state index contributed by atoms with van der Waals surface area (Å²) >= 11 is 0. The first-order valence-electron chi connectivity index (χ1n) is 9.94. The molecule has 4 nitrogen and oxygen atoms in total. The predicted octanol–water partition coefficient (Wildman–Crippen LogP) is 4.34. The van der Waals surface area contributed by atoms with Crippen LogP contribution in [0.2, 0.25) is 0 Å². The van der Waals surface area contributed by atoms with Crippen molar-refractivity contribution in [3.05, 3.63) is 47.5 Å². The molecule has 1 aromatic rings. The molecule has 2 atom stereocenters. The summed E-state index contributed by atoms with van der Waals surface area (Å²) in [5.41, 5.74) is -2.91. The lowest BCUT2D eigenvalue weighted by molar-refractivity contribution is -0.258. The van der Waals surface area contributed by atoms with Crippen LogP contribution >= 0.6 is 0 Å². The van der Waals surface area contributed by atoms with Crippen LogP contribution < -0.4 is 0 Å². The lowest BCUT2D eigenvalue weighted by Crippen LogP contribution is -2.41. The highest BCUT2D eigenvalue weighted by atomic mass is 19.4.